The minimum Gasteiger partial charge on any atom is -0.505 e. The van der Waals surface area contributed by atoms with Gasteiger partial charge in [-0.25, -0.2) is 4.79 Å². The zero-order valence-corrected chi connectivity index (χ0v) is 10.4. The molecule has 0 saturated carbocycles. The van der Waals surface area contributed by atoms with E-state index >= 15 is 0 Å². The van der Waals surface area contributed by atoms with Crippen molar-refractivity contribution in [2.24, 2.45) is 5.73 Å². The summed E-state index contributed by atoms with van der Waals surface area (Å²) < 4.78 is 31.6. The van der Waals surface area contributed by atoms with Crippen molar-refractivity contribution in [3.63, 3.8) is 0 Å². The van der Waals surface area contributed by atoms with Crippen LogP contribution in [-0.4, -0.2) is 70.5 Å². The summed E-state index contributed by atoms with van der Waals surface area (Å²) in [7, 11) is -3.80. The van der Waals surface area contributed by atoms with Crippen molar-refractivity contribution in [2.45, 2.75) is 12.2 Å². The third-order valence-electron chi connectivity index (χ3n) is 1.85. The van der Waals surface area contributed by atoms with Gasteiger partial charge in [0.2, 0.25) is 5.76 Å². The SMILES string of the molecule is NCCS(=O)(=O)O.O=C1O[C@H]([C@@H](O)CO)C(O)=C1O. The minimum absolute atomic E-state index is 0.0289. The van der Waals surface area contributed by atoms with E-state index in [1.54, 1.807) is 0 Å². The van der Waals surface area contributed by atoms with Gasteiger partial charge in [0.1, 0.15) is 6.10 Å². The average Bonchev–Trinajstić information content (AvgIpc) is 2.55. The van der Waals surface area contributed by atoms with Crippen molar-refractivity contribution >= 4 is 16.1 Å². The van der Waals surface area contributed by atoms with Gasteiger partial charge in [-0.15, -0.1) is 0 Å². The lowest BCUT2D eigenvalue weighted by molar-refractivity contribution is -0.147. The summed E-state index contributed by atoms with van der Waals surface area (Å²) in [5, 5.41) is 35.0. The van der Waals surface area contributed by atoms with Crippen LogP contribution in [-0.2, 0) is 19.6 Å². The number of carbonyl (C=O) groups is 1. The van der Waals surface area contributed by atoms with Crippen LogP contribution in [0.5, 0.6) is 0 Å². The van der Waals surface area contributed by atoms with E-state index < -0.39 is 46.4 Å². The Kier molecular flexibility index (Phi) is 6.72. The zero-order chi connectivity index (χ0) is 15.2. The van der Waals surface area contributed by atoms with E-state index in [2.05, 4.69) is 4.74 Å². The molecule has 0 bridgehead atoms. The second-order valence-electron chi connectivity index (χ2n) is 3.38. The molecule has 7 N–H and O–H groups in total. The Morgan fingerprint density at radius 2 is 1.89 bits per heavy atom. The number of hydrogen-bond donors (Lipinski definition) is 6. The highest BCUT2D eigenvalue weighted by Gasteiger charge is 2.38. The highest BCUT2D eigenvalue weighted by Crippen LogP contribution is 2.20. The number of nitrogens with two attached hydrogens (primary N) is 1. The Hall–Kier alpha value is -1.40. The lowest BCUT2D eigenvalue weighted by atomic mass is 10.2. The molecule has 1 aliphatic rings. The average molecular weight is 301 g/mol. The Bertz CT molecular complexity index is 443. The Morgan fingerprint density at radius 3 is 2.11 bits per heavy atom. The van der Waals surface area contributed by atoms with Gasteiger partial charge in [0, 0.05) is 6.54 Å². The number of aliphatic hydroxyl groups excluding tert-OH is 4. The monoisotopic (exact) mass is 301 g/mol. The van der Waals surface area contributed by atoms with Crippen LogP contribution in [0.1, 0.15) is 0 Å². The maximum atomic E-state index is 10.5. The van der Waals surface area contributed by atoms with Gasteiger partial charge in [-0.05, 0) is 0 Å². The van der Waals surface area contributed by atoms with Crippen LogP contribution in [0.4, 0.5) is 0 Å². The molecule has 0 saturated heterocycles. The van der Waals surface area contributed by atoms with Crippen LogP contribution in [0.25, 0.3) is 0 Å². The van der Waals surface area contributed by atoms with E-state index in [1.165, 1.54) is 0 Å². The number of hydrogen-bond acceptors (Lipinski definition) is 9. The Morgan fingerprint density at radius 1 is 1.37 bits per heavy atom. The smallest absolute Gasteiger partial charge is 0.377 e. The summed E-state index contributed by atoms with van der Waals surface area (Å²) in [6.07, 6.45) is -2.78. The van der Waals surface area contributed by atoms with Crippen LogP contribution >= 0.6 is 0 Å². The molecule has 0 aliphatic carbocycles. The molecule has 19 heavy (non-hydrogen) atoms. The standard InChI is InChI=1S/C6H8O6.C2H7NO3S/c7-1-2(8)5-3(9)4(10)6(11)12-5;3-1-2-7(4,5)6/h2,5,7-10H,1H2;1-3H2,(H,4,5,6)/t2-,5+;/m0./s1. The fraction of sp³-hybridized carbons (Fsp3) is 0.625. The van der Waals surface area contributed by atoms with E-state index in [9.17, 15) is 13.2 Å². The van der Waals surface area contributed by atoms with Crippen molar-refractivity contribution in [1.29, 1.82) is 0 Å². The number of carbonyl (C=O) groups excluding carboxylic acids is 1. The van der Waals surface area contributed by atoms with E-state index in [1.807, 2.05) is 0 Å². The Labute approximate surface area is 108 Å². The van der Waals surface area contributed by atoms with Gasteiger partial charge >= 0.3 is 5.97 Å². The third-order valence-corrected chi connectivity index (χ3v) is 2.60. The first-order valence-corrected chi connectivity index (χ1v) is 6.52. The van der Waals surface area contributed by atoms with Gasteiger partial charge in [-0.2, -0.15) is 8.42 Å². The predicted molar refractivity (Wildman–Crippen MR) is 60.7 cm³/mol. The quantitative estimate of drug-likeness (QED) is 0.238. The molecular weight excluding hydrogens is 286 g/mol. The van der Waals surface area contributed by atoms with Crippen LogP contribution in [0.15, 0.2) is 11.5 Å². The third kappa shape index (κ3) is 5.85. The summed E-state index contributed by atoms with van der Waals surface area (Å²) in [6, 6.07) is 0. The topological polar surface area (TPSA) is 188 Å². The lowest BCUT2D eigenvalue weighted by Crippen LogP contribution is -2.31. The molecular formula is C8H15NO9S. The minimum atomic E-state index is -3.80. The first-order valence-electron chi connectivity index (χ1n) is 4.91. The van der Waals surface area contributed by atoms with Crippen LogP contribution in [0, 0.1) is 0 Å². The van der Waals surface area contributed by atoms with E-state index in [0.717, 1.165) is 0 Å². The highest BCUT2D eigenvalue weighted by atomic mass is 32.2. The van der Waals surface area contributed by atoms with E-state index in [-0.39, 0.29) is 12.3 Å². The fourth-order valence-corrected chi connectivity index (χ4v) is 1.27. The number of rotatable bonds is 4. The summed E-state index contributed by atoms with van der Waals surface area (Å²) >= 11 is 0. The lowest BCUT2D eigenvalue weighted by Gasteiger charge is -2.13. The molecule has 11 heteroatoms. The van der Waals surface area contributed by atoms with E-state index in [0.29, 0.717) is 0 Å². The van der Waals surface area contributed by atoms with E-state index in [4.69, 9.17) is 30.7 Å². The molecule has 112 valence electrons. The van der Waals surface area contributed by atoms with Gasteiger partial charge in [-0.1, -0.05) is 0 Å². The fourth-order valence-electron chi connectivity index (χ4n) is 0.972. The van der Waals surface area contributed by atoms with Gasteiger partial charge in [-0.3, -0.25) is 4.55 Å². The number of ether oxygens (including phenoxy) is 1. The molecule has 0 fully saturated rings. The van der Waals surface area contributed by atoms with Crippen LogP contribution in [0.3, 0.4) is 0 Å². The normalized spacial score (nSPS) is 20.6. The van der Waals surface area contributed by atoms with Crippen molar-refractivity contribution in [2.75, 3.05) is 18.9 Å². The van der Waals surface area contributed by atoms with Gasteiger partial charge < -0.3 is 30.9 Å². The summed E-state index contributed by atoms with van der Waals surface area (Å²) in [5.41, 5.74) is 4.78. The first kappa shape index (κ1) is 17.6. The molecule has 0 amide bonds. The number of aliphatic hydroxyl groups is 4. The van der Waals surface area contributed by atoms with Gasteiger partial charge in [0.15, 0.2) is 11.9 Å². The molecule has 0 radical (unpaired) electrons. The van der Waals surface area contributed by atoms with Crippen molar-refractivity contribution in [1.82, 2.24) is 0 Å². The molecule has 0 aromatic rings. The largest absolute Gasteiger partial charge is 0.505 e. The van der Waals surface area contributed by atoms with Gasteiger partial charge in [0.05, 0.1) is 12.4 Å². The van der Waals surface area contributed by atoms with Crippen molar-refractivity contribution < 1.29 is 42.9 Å². The first-order chi connectivity index (χ1) is 8.64. The molecule has 0 unspecified atom stereocenters. The second kappa shape index (κ2) is 7.25. The summed E-state index contributed by atoms with van der Waals surface area (Å²) in [5.74, 6) is -3.13. The Balaban J connectivity index is 0.000000399. The van der Waals surface area contributed by atoms with Crippen molar-refractivity contribution in [3.05, 3.63) is 11.5 Å². The molecule has 1 rings (SSSR count). The number of esters is 1. The van der Waals surface area contributed by atoms with Gasteiger partial charge in [0.25, 0.3) is 10.1 Å². The molecule has 1 aliphatic heterocycles. The van der Waals surface area contributed by atoms with Crippen LogP contribution < -0.4 is 5.73 Å². The molecule has 10 nitrogen and oxygen atoms in total. The number of cyclic esters (lactones) is 1. The van der Waals surface area contributed by atoms with Crippen molar-refractivity contribution in [3.8, 4) is 0 Å². The summed E-state index contributed by atoms with van der Waals surface area (Å²) in [4.78, 5) is 10.5. The molecule has 0 aromatic heterocycles. The molecule has 0 aromatic carbocycles. The van der Waals surface area contributed by atoms with Crippen LogP contribution in [0.2, 0.25) is 0 Å². The maximum Gasteiger partial charge on any atom is 0.377 e. The zero-order valence-electron chi connectivity index (χ0n) is 9.63. The predicted octanol–water partition coefficient (Wildman–Crippen LogP) is -2.57. The second-order valence-corrected chi connectivity index (χ2v) is 4.96. The molecule has 1 heterocycles. The molecule has 0 spiro atoms. The molecule has 2 atom stereocenters. The highest BCUT2D eigenvalue weighted by molar-refractivity contribution is 7.85. The maximum absolute atomic E-state index is 10.5. The summed E-state index contributed by atoms with van der Waals surface area (Å²) in [6.45, 7) is -0.700.